The summed E-state index contributed by atoms with van der Waals surface area (Å²) in [4.78, 5) is 0. The summed E-state index contributed by atoms with van der Waals surface area (Å²) >= 11 is 0. The van der Waals surface area contributed by atoms with E-state index in [1.165, 1.54) is 5.56 Å². The fraction of sp³-hybridized carbons (Fsp3) is 0.222. The van der Waals surface area contributed by atoms with E-state index in [0.717, 1.165) is 23.3 Å². The van der Waals surface area contributed by atoms with Gasteiger partial charge in [-0.05, 0) is 30.2 Å². The van der Waals surface area contributed by atoms with Gasteiger partial charge in [0.15, 0.2) is 0 Å². The molecule has 0 aliphatic rings. The summed E-state index contributed by atoms with van der Waals surface area (Å²) in [7, 11) is 0. The lowest BCUT2D eigenvalue weighted by Crippen LogP contribution is -1.98. The minimum atomic E-state index is -0.131. The summed E-state index contributed by atoms with van der Waals surface area (Å²) in [6, 6.07) is 15.9. The normalized spacial score (nSPS) is 9.70. The fourth-order valence-corrected chi connectivity index (χ4v) is 1.92. The second kappa shape index (κ2) is 7.37. The Labute approximate surface area is 120 Å². The van der Waals surface area contributed by atoms with Gasteiger partial charge in [-0.15, -0.1) is 0 Å². The second-order valence-corrected chi connectivity index (χ2v) is 4.41. The number of aryl methyl sites for hydroxylation is 1. The number of hydrogen-bond donors (Lipinski definition) is 1. The lowest BCUT2D eigenvalue weighted by molar-refractivity contribution is 0.305. The molecule has 0 unspecified atom stereocenters. The number of hydrogen-bond acceptors (Lipinski definition) is 2. The van der Waals surface area contributed by atoms with Crippen molar-refractivity contribution in [2.75, 3.05) is 6.61 Å². The first kappa shape index (κ1) is 14.2. The third-order valence-electron chi connectivity index (χ3n) is 3.02. The van der Waals surface area contributed by atoms with Crippen LogP contribution in [0.15, 0.2) is 48.5 Å². The molecule has 2 aromatic rings. The number of aliphatic hydroxyl groups excluding tert-OH is 1. The highest BCUT2D eigenvalue weighted by Crippen LogP contribution is 2.16. The molecule has 0 atom stereocenters. The zero-order valence-electron chi connectivity index (χ0n) is 11.6. The molecule has 102 valence electrons. The van der Waals surface area contributed by atoms with Crippen LogP contribution in [0.1, 0.15) is 23.6 Å². The molecule has 0 aliphatic heterocycles. The predicted octanol–water partition coefficient (Wildman–Crippen LogP) is 3.17. The molecule has 0 aromatic heterocycles. The molecule has 0 fully saturated rings. The van der Waals surface area contributed by atoms with Crippen LogP contribution in [0.2, 0.25) is 0 Å². The smallest absolute Gasteiger partial charge is 0.120 e. The zero-order chi connectivity index (χ0) is 14.2. The first-order valence-electron chi connectivity index (χ1n) is 6.73. The Morgan fingerprint density at radius 2 is 1.95 bits per heavy atom. The van der Waals surface area contributed by atoms with Crippen molar-refractivity contribution in [3.63, 3.8) is 0 Å². The Bertz CT molecular complexity index is 621. The van der Waals surface area contributed by atoms with Gasteiger partial charge in [0.05, 0.1) is 0 Å². The average molecular weight is 266 g/mol. The van der Waals surface area contributed by atoms with Crippen molar-refractivity contribution in [3.8, 4) is 17.6 Å². The van der Waals surface area contributed by atoms with E-state index in [0.29, 0.717) is 6.61 Å². The van der Waals surface area contributed by atoms with E-state index in [9.17, 15) is 0 Å². The summed E-state index contributed by atoms with van der Waals surface area (Å²) in [6.45, 7) is 2.47. The third-order valence-corrected chi connectivity index (χ3v) is 3.02. The first-order chi connectivity index (χ1) is 9.83. The number of aliphatic hydroxyl groups is 1. The van der Waals surface area contributed by atoms with Crippen molar-refractivity contribution >= 4 is 0 Å². The molecule has 1 N–H and O–H groups in total. The van der Waals surface area contributed by atoms with Crippen LogP contribution >= 0.6 is 0 Å². The fourth-order valence-electron chi connectivity index (χ4n) is 1.92. The predicted molar refractivity (Wildman–Crippen MR) is 80.6 cm³/mol. The summed E-state index contributed by atoms with van der Waals surface area (Å²) in [5.41, 5.74) is 3.18. The van der Waals surface area contributed by atoms with Gasteiger partial charge in [-0.3, -0.25) is 0 Å². The molecular weight excluding hydrogens is 248 g/mol. The summed E-state index contributed by atoms with van der Waals surface area (Å²) < 4.78 is 5.82. The Morgan fingerprint density at radius 3 is 2.75 bits per heavy atom. The molecule has 0 radical (unpaired) electrons. The van der Waals surface area contributed by atoms with E-state index in [4.69, 9.17) is 9.84 Å². The van der Waals surface area contributed by atoms with Crippen molar-refractivity contribution in [2.45, 2.75) is 20.0 Å². The van der Waals surface area contributed by atoms with E-state index in [-0.39, 0.29) is 6.61 Å². The quantitative estimate of drug-likeness (QED) is 0.861. The number of ether oxygens (including phenoxy) is 1. The largest absolute Gasteiger partial charge is 0.489 e. The van der Waals surface area contributed by atoms with Gasteiger partial charge in [0.2, 0.25) is 0 Å². The topological polar surface area (TPSA) is 29.5 Å². The summed E-state index contributed by atoms with van der Waals surface area (Å²) in [5.74, 6) is 6.48. The number of benzene rings is 2. The molecule has 0 saturated carbocycles. The zero-order valence-corrected chi connectivity index (χ0v) is 11.6. The van der Waals surface area contributed by atoms with Crippen LogP contribution in [0.5, 0.6) is 5.75 Å². The number of rotatable bonds is 4. The molecule has 20 heavy (non-hydrogen) atoms. The molecule has 2 aromatic carbocycles. The van der Waals surface area contributed by atoms with Gasteiger partial charge < -0.3 is 9.84 Å². The van der Waals surface area contributed by atoms with E-state index in [1.54, 1.807) is 0 Å². The van der Waals surface area contributed by atoms with Crippen molar-refractivity contribution in [1.29, 1.82) is 0 Å². The van der Waals surface area contributed by atoms with Crippen LogP contribution in [-0.4, -0.2) is 11.7 Å². The van der Waals surface area contributed by atoms with E-state index >= 15 is 0 Å². The molecule has 0 spiro atoms. The minimum absolute atomic E-state index is 0.131. The lowest BCUT2D eigenvalue weighted by Gasteiger charge is -2.09. The average Bonchev–Trinajstić information content (AvgIpc) is 2.52. The standard InChI is InChI=1S/C18H18O2/c1-2-15-7-5-11-18(13-15)20-14-17-9-4-3-8-16(17)10-6-12-19/h3-5,7-9,11,13,19H,2,12,14H2,1H3. The molecule has 0 amide bonds. The van der Waals surface area contributed by atoms with Gasteiger partial charge in [-0.25, -0.2) is 0 Å². The van der Waals surface area contributed by atoms with Crippen LogP contribution in [-0.2, 0) is 13.0 Å². The summed E-state index contributed by atoms with van der Waals surface area (Å²) in [6.07, 6.45) is 0.996. The Kier molecular flexibility index (Phi) is 5.23. The van der Waals surface area contributed by atoms with Gasteiger partial charge in [0.25, 0.3) is 0 Å². The second-order valence-electron chi connectivity index (χ2n) is 4.41. The van der Waals surface area contributed by atoms with Crippen LogP contribution in [0.3, 0.4) is 0 Å². The molecule has 0 heterocycles. The molecule has 2 rings (SSSR count). The van der Waals surface area contributed by atoms with Crippen LogP contribution in [0.4, 0.5) is 0 Å². The Hall–Kier alpha value is -2.24. The highest BCUT2D eigenvalue weighted by atomic mass is 16.5. The minimum Gasteiger partial charge on any atom is -0.489 e. The van der Waals surface area contributed by atoms with Gasteiger partial charge in [0.1, 0.15) is 19.0 Å². The highest BCUT2D eigenvalue weighted by molar-refractivity contribution is 5.41. The monoisotopic (exact) mass is 266 g/mol. The van der Waals surface area contributed by atoms with Gasteiger partial charge >= 0.3 is 0 Å². The van der Waals surface area contributed by atoms with Crippen molar-refractivity contribution < 1.29 is 9.84 Å². The highest BCUT2D eigenvalue weighted by Gasteiger charge is 2.01. The summed E-state index contributed by atoms with van der Waals surface area (Å²) in [5, 5.41) is 8.78. The molecule has 2 heteroatoms. The van der Waals surface area contributed by atoms with Crippen LogP contribution in [0.25, 0.3) is 0 Å². The van der Waals surface area contributed by atoms with E-state index < -0.39 is 0 Å². The van der Waals surface area contributed by atoms with Crippen molar-refractivity contribution in [1.82, 2.24) is 0 Å². The Balaban J connectivity index is 2.10. The molecule has 2 nitrogen and oxygen atoms in total. The van der Waals surface area contributed by atoms with E-state index in [2.05, 4.69) is 30.9 Å². The third kappa shape index (κ3) is 3.88. The van der Waals surface area contributed by atoms with Crippen molar-refractivity contribution in [2.24, 2.45) is 0 Å². The lowest BCUT2D eigenvalue weighted by atomic mass is 10.1. The SMILES string of the molecule is CCc1cccc(OCc2ccccc2C#CCO)c1. The first-order valence-corrected chi connectivity index (χ1v) is 6.73. The molecule has 0 bridgehead atoms. The Morgan fingerprint density at radius 1 is 1.10 bits per heavy atom. The maximum atomic E-state index is 8.78. The molecule has 0 saturated heterocycles. The molecule has 0 aliphatic carbocycles. The van der Waals surface area contributed by atoms with Crippen LogP contribution in [0, 0.1) is 11.8 Å². The van der Waals surface area contributed by atoms with Gasteiger partial charge in [0, 0.05) is 11.1 Å². The van der Waals surface area contributed by atoms with Crippen molar-refractivity contribution in [3.05, 3.63) is 65.2 Å². The maximum absolute atomic E-state index is 8.78. The van der Waals surface area contributed by atoms with Gasteiger partial charge in [-0.1, -0.05) is 49.1 Å². The maximum Gasteiger partial charge on any atom is 0.120 e. The molecular formula is C18H18O2. The van der Waals surface area contributed by atoms with Crippen LogP contribution < -0.4 is 4.74 Å². The van der Waals surface area contributed by atoms with Gasteiger partial charge in [-0.2, -0.15) is 0 Å². The van der Waals surface area contributed by atoms with E-state index in [1.807, 2.05) is 36.4 Å².